The number of carbonyl (C=O) groups excluding carboxylic acids is 1. The Labute approximate surface area is 122 Å². The molecule has 4 aliphatic rings. The summed E-state index contributed by atoms with van der Waals surface area (Å²) in [4.78, 5) is 14.5. The van der Waals surface area contributed by atoms with Crippen molar-refractivity contribution in [1.29, 1.82) is 5.26 Å². The molecule has 0 aromatic carbocycles. The third kappa shape index (κ3) is 2.45. The van der Waals surface area contributed by atoms with E-state index in [0.717, 1.165) is 23.7 Å². The summed E-state index contributed by atoms with van der Waals surface area (Å²) >= 11 is 0. The van der Waals surface area contributed by atoms with E-state index in [-0.39, 0.29) is 11.8 Å². The van der Waals surface area contributed by atoms with E-state index in [2.05, 4.69) is 11.0 Å². The molecule has 0 heterocycles. The fraction of sp³-hybridized carbons (Fsp3) is 0.882. The zero-order valence-electron chi connectivity index (χ0n) is 12.7. The third-order valence-electron chi connectivity index (χ3n) is 6.03. The molecule has 0 aromatic rings. The molecule has 0 radical (unpaired) electrons. The van der Waals surface area contributed by atoms with E-state index in [4.69, 9.17) is 5.26 Å². The van der Waals surface area contributed by atoms with Crippen molar-refractivity contribution >= 4 is 5.91 Å². The van der Waals surface area contributed by atoms with Gasteiger partial charge in [-0.3, -0.25) is 4.79 Å². The topological polar surface area (TPSA) is 44.1 Å². The molecule has 1 amide bonds. The van der Waals surface area contributed by atoms with Crippen LogP contribution in [0.15, 0.2) is 0 Å². The molecular formula is C17H26N2O. The smallest absolute Gasteiger partial charge is 0.222 e. The maximum Gasteiger partial charge on any atom is 0.222 e. The zero-order valence-corrected chi connectivity index (χ0v) is 12.7. The maximum atomic E-state index is 12.4. The highest BCUT2D eigenvalue weighted by Gasteiger charge is 2.50. The molecule has 4 aliphatic carbocycles. The summed E-state index contributed by atoms with van der Waals surface area (Å²) < 4.78 is 0. The van der Waals surface area contributed by atoms with Gasteiger partial charge in [0, 0.05) is 25.4 Å². The lowest BCUT2D eigenvalue weighted by atomic mass is 9.54. The van der Waals surface area contributed by atoms with Gasteiger partial charge >= 0.3 is 0 Å². The fourth-order valence-corrected chi connectivity index (χ4v) is 5.28. The summed E-state index contributed by atoms with van der Waals surface area (Å²) in [6, 6.07) is 2.71. The van der Waals surface area contributed by atoms with Crippen molar-refractivity contribution in [2.75, 3.05) is 7.05 Å². The number of amides is 1. The minimum atomic E-state index is -0.00847. The molecule has 4 fully saturated rings. The Balaban J connectivity index is 1.61. The molecule has 3 heteroatoms. The lowest BCUT2D eigenvalue weighted by Crippen LogP contribution is -2.56. The molecule has 0 aliphatic heterocycles. The Hall–Kier alpha value is -1.04. The van der Waals surface area contributed by atoms with Crippen LogP contribution < -0.4 is 0 Å². The maximum absolute atomic E-state index is 12.4. The summed E-state index contributed by atoms with van der Waals surface area (Å²) in [5.41, 5.74) is 0. The van der Waals surface area contributed by atoms with Gasteiger partial charge in [0.05, 0.1) is 6.07 Å². The first-order valence-corrected chi connectivity index (χ1v) is 8.23. The number of carbonyl (C=O) groups is 1. The fourth-order valence-electron chi connectivity index (χ4n) is 5.28. The molecule has 4 rings (SSSR count). The number of nitrogens with zero attached hydrogens (tertiary/aromatic N) is 2. The minimum absolute atomic E-state index is 0.00847. The number of nitriles is 1. The highest BCUT2D eigenvalue weighted by molar-refractivity contribution is 5.76. The van der Waals surface area contributed by atoms with Crippen LogP contribution in [0.4, 0.5) is 0 Å². The first kappa shape index (κ1) is 13.9. The highest BCUT2D eigenvalue weighted by atomic mass is 16.2. The molecule has 0 spiro atoms. The average molecular weight is 274 g/mol. The van der Waals surface area contributed by atoms with Crippen LogP contribution >= 0.6 is 0 Å². The predicted octanol–water partition coefficient (Wildman–Crippen LogP) is 3.21. The normalized spacial score (nSPS) is 39.4. The molecule has 4 bridgehead atoms. The summed E-state index contributed by atoms with van der Waals surface area (Å²) in [7, 11) is 2.01. The van der Waals surface area contributed by atoms with Crippen LogP contribution in [0.5, 0.6) is 0 Å². The summed E-state index contributed by atoms with van der Waals surface area (Å²) in [5.74, 6) is 3.67. The van der Waals surface area contributed by atoms with Gasteiger partial charge in [-0.1, -0.05) is 0 Å². The van der Waals surface area contributed by atoms with E-state index in [1.807, 2.05) is 14.0 Å². The van der Waals surface area contributed by atoms with Gasteiger partial charge in [0.1, 0.15) is 0 Å². The second-order valence-electron chi connectivity index (χ2n) is 7.49. The number of hydrogen-bond donors (Lipinski definition) is 0. The van der Waals surface area contributed by atoms with E-state index in [1.54, 1.807) is 0 Å². The van der Waals surface area contributed by atoms with E-state index in [1.165, 1.54) is 32.1 Å². The van der Waals surface area contributed by atoms with E-state index in [0.29, 0.717) is 18.9 Å². The van der Waals surface area contributed by atoms with Crippen molar-refractivity contribution in [2.45, 2.75) is 57.9 Å². The highest BCUT2D eigenvalue weighted by Crippen LogP contribution is 2.55. The Kier molecular flexibility index (Phi) is 3.75. The van der Waals surface area contributed by atoms with Crippen LogP contribution in [0.3, 0.4) is 0 Å². The Bertz CT molecular complexity index is 397. The summed E-state index contributed by atoms with van der Waals surface area (Å²) in [6.45, 7) is 1.90. The first-order valence-electron chi connectivity index (χ1n) is 8.23. The van der Waals surface area contributed by atoms with E-state index in [9.17, 15) is 4.79 Å². The Morgan fingerprint density at radius 2 is 1.75 bits per heavy atom. The van der Waals surface area contributed by atoms with Crippen molar-refractivity contribution in [2.24, 2.45) is 29.6 Å². The van der Waals surface area contributed by atoms with Crippen LogP contribution in [-0.2, 0) is 4.79 Å². The van der Waals surface area contributed by atoms with Crippen LogP contribution in [0.25, 0.3) is 0 Å². The lowest BCUT2D eigenvalue weighted by Gasteiger charge is -2.56. The monoisotopic (exact) mass is 274 g/mol. The second kappa shape index (κ2) is 5.39. The average Bonchev–Trinajstić information content (AvgIpc) is 2.42. The lowest BCUT2D eigenvalue weighted by molar-refractivity contribution is -0.141. The van der Waals surface area contributed by atoms with Gasteiger partial charge < -0.3 is 4.90 Å². The van der Waals surface area contributed by atoms with Crippen molar-refractivity contribution in [3.05, 3.63) is 0 Å². The molecule has 1 unspecified atom stereocenters. The van der Waals surface area contributed by atoms with E-state index >= 15 is 0 Å². The molecule has 4 saturated carbocycles. The predicted molar refractivity (Wildman–Crippen MR) is 77.6 cm³/mol. The largest absolute Gasteiger partial charge is 0.342 e. The van der Waals surface area contributed by atoms with Crippen molar-refractivity contribution in [3.8, 4) is 6.07 Å². The standard InChI is InChI=1S/C17H26N2O/c1-11(10-18)3-4-16(20)19(2)17-14-6-12-5-13(8-14)9-15(17)7-12/h11-15,17H,3-9H2,1-2H3. The molecular weight excluding hydrogens is 248 g/mol. The quantitative estimate of drug-likeness (QED) is 0.790. The van der Waals surface area contributed by atoms with Gasteiger partial charge in [-0.15, -0.1) is 0 Å². The van der Waals surface area contributed by atoms with Crippen molar-refractivity contribution in [3.63, 3.8) is 0 Å². The molecule has 1 atom stereocenters. The molecule has 20 heavy (non-hydrogen) atoms. The van der Waals surface area contributed by atoms with Gasteiger partial charge in [0.25, 0.3) is 0 Å². The first-order chi connectivity index (χ1) is 9.58. The second-order valence-corrected chi connectivity index (χ2v) is 7.49. The third-order valence-corrected chi connectivity index (χ3v) is 6.03. The molecule has 110 valence electrons. The van der Waals surface area contributed by atoms with Crippen LogP contribution in [0, 0.1) is 40.9 Å². The van der Waals surface area contributed by atoms with Crippen LogP contribution in [0.2, 0.25) is 0 Å². The van der Waals surface area contributed by atoms with Crippen LogP contribution in [0.1, 0.15) is 51.9 Å². The SMILES string of the molecule is CC(C#N)CCC(=O)N(C)C1C2CC3CC(C2)CC1C3. The number of rotatable bonds is 4. The minimum Gasteiger partial charge on any atom is -0.342 e. The molecule has 0 saturated heterocycles. The number of hydrogen-bond acceptors (Lipinski definition) is 2. The summed E-state index contributed by atoms with van der Waals surface area (Å²) in [6.07, 6.45) is 8.10. The zero-order chi connectivity index (χ0) is 14.3. The Morgan fingerprint density at radius 1 is 1.20 bits per heavy atom. The Morgan fingerprint density at radius 3 is 2.25 bits per heavy atom. The van der Waals surface area contributed by atoms with Crippen molar-refractivity contribution in [1.82, 2.24) is 4.90 Å². The van der Waals surface area contributed by atoms with Crippen LogP contribution in [-0.4, -0.2) is 23.9 Å². The van der Waals surface area contributed by atoms with Gasteiger partial charge in [0.2, 0.25) is 5.91 Å². The van der Waals surface area contributed by atoms with Gasteiger partial charge in [-0.25, -0.2) is 0 Å². The molecule has 3 nitrogen and oxygen atoms in total. The molecule has 0 aromatic heterocycles. The van der Waals surface area contributed by atoms with Gasteiger partial charge in [0.15, 0.2) is 0 Å². The van der Waals surface area contributed by atoms with Gasteiger partial charge in [-0.05, 0) is 69.1 Å². The van der Waals surface area contributed by atoms with Crippen molar-refractivity contribution < 1.29 is 4.79 Å². The summed E-state index contributed by atoms with van der Waals surface area (Å²) in [5, 5.41) is 8.83. The van der Waals surface area contributed by atoms with E-state index < -0.39 is 0 Å². The molecule has 0 N–H and O–H groups in total. The van der Waals surface area contributed by atoms with Gasteiger partial charge in [-0.2, -0.15) is 5.26 Å².